The molecule has 0 saturated carbocycles. The molecule has 1 aromatic carbocycles. The highest BCUT2D eigenvalue weighted by Crippen LogP contribution is 2.33. The molecule has 1 aromatic rings. The van der Waals surface area contributed by atoms with E-state index in [0.717, 1.165) is 43.4 Å². The summed E-state index contributed by atoms with van der Waals surface area (Å²) in [5.41, 5.74) is 1.41. The van der Waals surface area contributed by atoms with E-state index in [1.54, 1.807) is 12.1 Å². The molecule has 7 nitrogen and oxygen atoms in total. The minimum atomic E-state index is -0.463. The number of non-ortho nitro benzene ring substituents is 1. The molecule has 2 aliphatic heterocycles. The maximum Gasteiger partial charge on any atom is 0.290 e. The molecule has 2 saturated heterocycles. The third kappa shape index (κ3) is 3.37. The monoisotopic (exact) mass is 333 g/mol. The summed E-state index contributed by atoms with van der Waals surface area (Å²) < 4.78 is 0. The van der Waals surface area contributed by atoms with Gasteiger partial charge in [0.2, 0.25) is 0 Å². The number of imide groups is 1. The van der Waals surface area contributed by atoms with Crippen LogP contribution in [0.5, 0.6) is 0 Å². The van der Waals surface area contributed by atoms with Gasteiger partial charge in [0.25, 0.3) is 16.8 Å². The zero-order valence-electron chi connectivity index (χ0n) is 12.3. The number of benzene rings is 1. The maximum absolute atomic E-state index is 11.7. The number of nitrogens with zero attached hydrogens (tertiary/aromatic N) is 2. The number of piperidine rings is 1. The first kappa shape index (κ1) is 15.5. The Hall–Kier alpha value is -2.35. The summed E-state index contributed by atoms with van der Waals surface area (Å²) in [5, 5.41) is 12.8. The molecule has 0 spiro atoms. The van der Waals surface area contributed by atoms with E-state index in [1.807, 2.05) is 0 Å². The first-order chi connectivity index (χ1) is 11.0. The SMILES string of the molecule is O=C1NC(=O)/C(=C/c2cc([N+](=O)[O-])ccc2N2CCCCC2)S1. The van der Waals surface area contributed by atoms with E-state index in [0.29, 0.717) is 5.56 Å². The summed E-state index contributed by atoms with van der Waals surface area (Å²) >= 11 is 0.811. The van der Waals surface area contributed by atoms with Gasteiger partial charge < -0.3 is 4.90 Å². The number of hydrogen-bond donors (Lipinski definition) is 1. The number of nitro groups is 1. The Morgan fingerprint density at radius 2 is 1.96 bits per heavy atom. The number of carbonyl (C=O) groups excluding carboxylic acids is 2. The van der Waals surface area contributed by atoms with Gasteiger partial charge in [-0.05, 0) is 43.2 Å². The molecule has 23 heavy (non-hydrogen) atoms. The predicted octanol–water partition coefficient (Wildman–Crippen LogP) is 2.91. The molecule has 0 unspecified atom stereocenters. The van der Waals surface area contributed by atoms with Crippen LogP contribution in [-0.2, 0) is 4.79 Å². The van der Waals surface area contributed by atoms with Crippen LogP contribution in [-0.4, -0.2) is 29.2 Å². The highest BCUT2D eigenvalue weighted by molar-refractivity contribution is 8.18. The Labute approximate surface area is 136 Å². The van der Waals surface area contributed by atoms with E-state index in [4.69, 9.17) is 0 Å². The molecule has 2 fully saturated rings. The first-order valence-corrected chi connectivity index (χ1v) is 8.14. The quantitative estimate of drug-likeness (QED) is 0.519. The molecule has 0 radical (unpaired) electrons. The van der Waals surface area contributed by atoms with Crippen LogP contribution in [0.4, 0.5) is 16.2 Å². The molecular weight excluding hydrogens is 318 g/mol. The zero-order valence-corrected chi connectivity index (χ0v) is 13.1. The lowest BCUT2D eigenvalue weighted by atomic mass is 10.1. The number of amides is 2. The topological polar surface area (TPSA) is 92.5 Å². The average molecular weight is 333 g/mol. The smallest absolute Gasteiger partial charge is 0.290 e. The molecule has 8 heteroatoms. The van der Waals surface area contributed by atoms with Crippen LogP contribution in [0.15, 0.2) is 23.1 Å². The number of hydrogen-bond acceptors (Lipinski definition) is 6. The van der Waals surface area contributed by atoms with Crippen LogP contribution in [0.3, 0.4) is 0 Å². The molecule has 2 heterocycles. The van der Waals surface area contributed by atoms with Crippen molar-refractivity contribution in [2.24, 2.45) is 0 Å². The summed E-state index contributed by atoms with van der Waals surface area (Å²) in [7, 11) is 0. The average Bonchev–Trinajstić information content (AvgIpc) is 2.85. The van der Waals surface area contributed by atoms with Crippen molar-refractivity contribution in [1.82, 2.24) is 5.32 Å². The second kappa shape index (κ2) is 6.41. The molecule has 1 N–H and O–H groups in total. The number of nitro benzene ring substituents is 1. The molecule has 0 aromatic heterocycles. The van der Waals surface area contributed by atoms with Gasteiger partial charge in [-0.15, -0.1) is 0 Å². The van der Waals surface area contributed by atoms with Crippen molar-refractivity contribution in [3.05, 3.63) is 38.8 Å². The van der Waals surface area contributed by atoms with Crippen molar-refractivity contribution in [2.75, 3.05) is 18.0 Å². The highest BCUT2D eigenvalue weighted by atomic mass is 32.2. The van der Waals surface area contributed by atoms with Gasteiger partial charge in [-0.25, -0.2) is 0 Å². The second-order valence-electron chi connectivity index (χ2n) is 5.40. The van der Waals surface area contributed by atoms with Gasteiger partial charge in [0.1, 0.15) is 0 Å². The van der Waals surface area contributed by atoms with Gasteiger partial charge in [0, 0.05) is 36.5 Å². The number of rotatable bonds is 3. The summed E-state index contributed by atoms with van der Waals surface area (Å²) in [5.74, 6) is -0.462. The lowest BCUT2D eigenvalue weighted by molar-refractivity contribution is -0.384. The zero-order chi connectivity index (χ0) is 16.4. The molecule has 0 aliphatic carbocycles. The summed E-state index contributed by atoms with van der Waals surface area (Å²) in [6, 6.07) is 4.64. The van der Waals surface area contributed by atoms with Crippen LogP contribution in [0.2, 0.25) is 0 Å². The van der Waals surface area contributed by atoms with Crippen molar-refractivity contribution in [3.63, 3.8) is 0 Å². The number of thioether (sulfide) groups is 1. The third-order valence-electron chi connectivity index (χ3n) is 3.85. The van der Waals surface area contributed by atoms with Crippen LogP contribution in [0, 0.1) is 10.1 Å². The fourth-order valence-electron chi connectivity index (χ4n) is 2.76. The van der Waals surface area contributed by atoms with E-state index in [2.05, 4.69) is 10.2 Å². The third-order valence-corrected chi connectivity index (χ3v) is 4.66. The van der Waals surface area contributed by atoms with Gasteiger partial charge in [-0.1, -0.05) is 0 Å². The Kier molecular flexibility index (Phi) is 4.33. The fraction of sp³-hybridized carbons (Fsp3) is 0.333. The lowest BCUT2D eigenvalue weighted by Crippen LogP contribution is -2.30. The number of carbonyl (C=O) groups is 2. The molecule has 2 aliphatic rings. The summed E-state index contributed by atoms with van der Waals surface area (Å²) in [4.78, 5) is 36.0. The Morgan fingerprint density at radius 3 is 2.57 bits per heavy atom. The molecule has 0 atom stereocenters. The van der Waals surface area contributed by atoms with Crippen molar-refractivity contribution in [1.29, 1.82) is 0 Å². The molecular formula is C15H15N3O4S. The van der Waals surface area contributed by atoms with Crippen molar-refractivity contribution in [2.45, 2.75) is 19.3 Å². The number of nitrogens with one attached hydrogen (secondary N) is 1. The lowest BCUT2D eigenvalue weighted by Gasteiger charge is -2.30. The standard InChI is InChI=1S/C15H15N3O4S/c19-14-13(23-15(20)16-14)9-10-8-11(18(21)22)4-5-12(10)17-6-2-1-3-7-17/h4-5,8-9H,1-3,6-7H2,(H,16,19,20)/b13-9-. The van der Waals surface area contributed by atoms with E-state index in [1.165, 1.54) is 18.6 Å². The van der Waals surface area contributed by atoms with Crippen LogP contribution >= 0.6 is 11.8 Å². The highest BCUT2D eigenvalue weighted by Gasteiger charge is 2.26. The van der Waals surface area contributed by atoms with E-state index in [9.17, 15) is 19.7 Å². The Balaban J connectivity index is 2.02. The summed E-state index contributed by atoms with van der Waals surface area (Å²) in [6.07, 6.45) is 4.87. The van der Waals surface area contributed by atoms with E-state index >= 15 is 0 Å². The van der Waals surface area contributed by atoms with Crippen molar-refractivity contribution in [3.8, 4) is 0 Å². The van der Waals surface area contributed by atoms with Crippen LogP contribution in [0.1, 0.15) is 24.8 Å². The maximum atomic E-state index is 11.7. The molecule has 120 valence electrons. The molecule has 2 amide bonds. The Bertz CT molecular complexity index is 711. The van der Waals surface area contributed by atoms with Crippen molar-refractivity contribution >= 4 is 40.4 Å². The largest absolute Gasteiger partial charge is 0.371 e. The second-order valence-corrected chi connectivity index (χ2v) is 6.41. The van der Waals surface area contributed by atoms with Crippen LogP contribution < -0.4 is 10.2 Å². The Morgan fingerprint density at radius 1 is 1.22 bits per heavy atom. The first-order valence-electron chi connectivity index (χ1n) is 7.33. The normalized spacial score (nSPS) is 20.0. The minimum Gasteiger partial charge on any atom is -0.371 e. The van der Waals surface area contributed by atoms with Gasteiger partial charge in [0.15, 0.2) is 0 Å². The molecule has 3 rings (SSSR count). The predicted molar refractivity (Wildman–Crippen MR) is 88.3 cm³/mol. The van der Waals surface area contributed by atoms with E-state index in [-0.39, 0.29) is 10.6 Å². The number of anilines is 1. The minimum absolute atomic E-state index is 0.0349. The van der Waals surface area contributed by atoms with Gasteiger partial charge in [-0.2, -0.15) is 0 Å². The van der Waals surface area contributed by atoms with Crippen molar-refractivity contribution < 1.29 is 14.5 Å². The fourth-order valence-corrected chi connectivity index (χ4v) is 3.43. The van der Waals surface area contributed by atoms with Gasteiger partial charge in [-0.3, -0.25) is 25.0 Å². The van der Waals surface area contributed by atoms with Crippen LogP contribution in [0.25, 0.3) is 6.08 Å². The summed E-state index contributed by atoms with van der Waals surface area (Å²) in [6.45, 7) is 1.76. The van der Waals surface area contributed by atoms with Gasteiger partial charge >= 0.3 is 0 Å². The molecule has 0 bridgehead atoms. The van der Waals surface area contributed by atoms with E-state index < -0.39 is 16.1 Å². The van der Waals surface area contributed by atoms with Gasteiger partial charge in [0.05, 0.1) is 9.83 Å².